The fourth-order valence-corrected chi connectivity index (χ4v) is 2.47. The van der Waals surface area contributed by atoms with Gasteiger partial charge in [0.15, 0.2) is 6.61 Å². The molecule has 0 aromatic heterocycles. The maximum absolute atomic E-state index is 12.3. The number of carbonyl (C=O) groups excluding carboxylic acids is 3. The predicted molar refractivity (Wildman–Crippen MR) is 102 cm³/mol. The molecule has 0 aliphatic rings. The van der Waals surface area contributed by atoms with Crippen molar-refractivity contribution in [3.63, 3.8) is 0 Å². The van der Waals surface area contributed by atoms with Crippen molar-refractivity contribution in [1.82, 2.24) is 5.32 Å². The summed E-state index contributed by atoms with van der Waals surface area (Å²) in [4.78, 5) is 35.4. The second-order valence-corrected chi connectivity index (χ2v) is 5.96. The summed E-state index contributed by atoms with van der Waals surface area (Å²) < 4.78 is 5.03. The van der Waals surface area contributed by atoms with Crippen molar-refractivity contribution in [3.8, 4) is 0 Å². The molecule has 2 rings (SSSR count). The zero-order valence-electron chi connectivity index (χ0n) is 15.1. The quantitative estimate of drug-likeness (QED) is 0.618. The van der Waals surface area contributed by atoms with Crippen molar-refractivity contribution >= 4 is 23.6 Å². The molecule has 2 aromatic carbocycles. The number of hydrogen-bond acceptors (Lipinski definition) is 4. The maximum atomic E-state index is 12.3. The third kappa shape index (κ3) is 6.81. The normalized spacial score (nSPS) is 11.3. The third-order valence-corrected chi connectivity index (χ3v) is 3.88. The van der Waals surface area contributed by atoms with E-state index in [0.29, 0.717) is 5.69 Å². The van der Waals surface area contributed by atoms with Crippen molar-refractivity contribution in [2.24, 2.45) is 5.73 Å². The fourth-order valence-electron chi connectivity index (χ4n) is 2.47. The van der Waals surface area contributed by atoms with Gasteiger partial charge in [0, 0.05) is 12.1 Å². The number of urea groups is 1. The van der Waals surface area contributed by atoms with Gasteiger partial charge in [0.25, 0.3) is 5.91 Å². The summed E-state index contributed by atoms with van der Waals surface area (Å²) in [5.41, 5.74) is 7.73. The first-order valence-electron chi connectivity index (χ1n) is 8.63. The van der Waals surface area contributed by atoms with Crippen LogP contribution in [0.15, 0.2) is 54.6 Å². The van der Waals surface area contributed by atoms with Crippen LogP contribution in [0.1, 0.15) is 18.1 Å². The van der Waals surface area contributed by atoms with E-state index in [1.165, 1.54) is 0 Å². The van der Waals surface area contributed by atoms with Crippen LogP contribution < -0.4 is 16.4 Å². The van der Waals surface area contributed by atoms with Gasteiger partial charge in [-0.2, -0.15) is 0 Å². The molecule has 1 atom stereocenters. The van der Waals surface area contributed by atoms with Crippen molar-refractivity contribution in [3.05, 3.63) is 65.7 Å². The smallest absolute Gasteiger partial charge is 0.329 e. The number of primary amides is 1. The topological polar surface area (TPSA) is 111 Å². The van der Waals surface area contributed by atoms with Crippen LogP contribution in [0.3, 0.4) is 0 Å². The fraction of sp³-hybridized carbons (Fsp3) is 0.250. The van der Waals surface area contributed by atoms with Crippen LogP contribution in [-0.4, -0.2) is 30.6 Å². The van der Waals surface area contributed by atoms with Gasteiger partial charge in [0.2, 0.25) is 0 Å². The molecule has 142 valence electrons. The number of hydrogen-bond donors (Lipinski definition) is 3. The lowest BCUT2D eigenvalue weighted by molar-refractivity contribution is -0.149. The number of aryl methyl sites for hydroxylation is 1. The lowest BCUT2D eigenvalue weighted by Gasteiger charge is -2.16. The summed E-state index contributed by atoms with van der Waals surface area (Å²) in [5, 5.41) is 5.00. The lowest BCUT2D eigenvalue weighted by atomic mass is 10.1. The van der Waals surface area contributed by atoms with Gasteiger partial charge in [0.05, 0.1) is 0 Å². The van der Waals surface area contributed by atoms with E-state index in [4.69, 9.17) is 10.5 Å². The van der Waals surface area contributed by atoms with E-state index in [1.54, 1.807) is 12.1 Å². The Kier molecular flexibility index (Phi) is 7.37. The van der Waals surface area contributed by atoms with Gasteiger partial charge in [0.1, 0.15) is 6.04 Å². The summed E-state index contributed by atoms with van der Waals surface area (Å²) in [6, 6.07) is 14.7. The first kappa shape index (κ1) is 20.0. The van der Waals surface area contributed by atoms with E-state index < -0.39 is 30.6 Å². The first-order chi connectivity index (χ1) is 13.0. The number of anilines is 1. The van der Waals surface area contributed by atoms with Gasteiger partial charge in [-0.15, -0.1) is 0 Å². The van der Waals surface area contributed by atoms with Gasteiger partial charge in [-0.1, -0.05) is 49.4 Å². The molecule has 0 heterocycles. The van der Waals surface area contributed by atoms with E-state index in [-0.39, 0.29) is 6.42 Å². The van der Waals surface area contributed by atoms with Gasteiger partial charge >= 0.3 is 12.0 Å². The Bertz CT molecular complexity index is 776. The highest BCUT2D eigenvalue weighted by molar-refractivity contribution is 5.93. The Hall–Kier alpha value is -3.35. The molecule has 2 aromatic rings. The Labute approximate surface area is 157 Å². The van der Waals surface area contributed by atoms with Crippen LogP contribution in [0, 0.1) is 0 Å². The number of amides is 3. The Morgan fingerprint density at radius 2 is 1.67 bits per heavy atom. The van der Waals surface area contributed by atoms with E-state index in [0.717, 1.165) is 17.5 Å². The van der Waals surface area contributed by atoms with E-state index >= 15 is 0 Å². The SMILES string of the molecule is CCc1ccc(NC(=O)COC(=O)[C@H](Cc2ccccc2)NC(N)=O)cc1. The number of ether oxygens (including phenoxy) is 1. The molecule has 0 saturated heterocycles. The average molecular weight is 369 g/mol. The Morgan fingerprint density at radius 3 is 2.26 bits per heavy atom. The zero-order valence-corrected chi connectivity index (χ0v) is 15.1. The van der Waals surface area contributed by atoms with E-state index in [2.05, 4.69) is 10.6 Å². The molecule has 0 radical (unpaired) electrons. The molecule has 0 aliphatic heterocycles. The summed E-state index contributed by atoms with van der Waals surface area (Å²) in [7, 11) is 0. The van der Waals surface area contributed by atoms with Crippen molar-refractivity contribution < 1.29 is 19.1 Å². The van der Waals surface area contributed by atoms with Crippen molar-refractivity contribution in [2.75, 3.05) is 11.9 Å². The summed E-state index contributed by atoms with van der Waals surface area (Å²) in [5.74, 6) is -1.20. The zero-order chi connectivity index (χ0) is 19.6. The van der Waals surface area contributed by atoms with E-state index in [1.807, 2.05) is 49.4 Å². The number of nitrogens with two attached hydrogens (primary N) is 1. The molecule has 0 aliphatic carbocycles. The molecule has 4 N–H and O–H groups in total. The van der Waals surface area contributed by atoms with Gasteiger partial charge in [-0.05, 0) is 29.7 Å². The van der Waals surface area contributed by atoms with Gasteiger partial charge in [-0.25, -0.2) is 9.59 Å². The Morgan fingerprint density at radius 1 is 1.00 bits per heavy atom. The van der Waals surface area contributed by atoms with Gasteiger partial charge < -0.3 is 21.1 Å². The summed E-state index contributed by atoms with van der Waals surface area (Å²) in [6.07, 6.45) is 1.12. The second kappa shape index (κ2) is 9.96. The van der Waals surface area contributed by atoms with Crippen LogP contribution >= 0.6 is 0 Å². The van der Waals surface area contributed by atoms with E-state index in [9.17, 15) is 14.4 Å². The lowest BCUT2D eigenvalue weighted by Crippen LogP contribution is -2.46. The minimum Gasteiger partial charge on any atom is -0.454 e. The molecule has 0 fully saturated rings. The average Bonchev–Trinajstić information content (AvgIpc) is 2.66. The summed E-state index contributed by atoms with van der Waals surface area (Å²) >= 11 is 0. The predicted octanol–water partition coefficient (Wildman–Crippen LogP) is 2.01. The summed E-state index contributed by atoms with van der Waals surface area (Å²) in [6.45, 7) is 1.58. The molecule has 7 nitrogen and oxygen atoms in total. The molecular formula is C20H23N3O4. The molecule has 0 spiro atoms. The first-order valence-corrected chi connectivity index (χ1v) is 8.63. The third-order valence-electron chi connectivity index (χ3n) is 3.88. The molecule has 0 bridgehead atoms. The molecule has 7 heteroatoms. The standard InChI is InChI=1S/C20H23N3O4/c1-2-14-8-10-16(11-9-14)22-18(24)13-27-19(25)17(23-20(21)26)12-15-6-4-3-5-7-15/h3-11,17H,2,12-13H2,1H3,(H,22,24)(H3,21,23,26)/t17-/m0/s1. The second-order valence-electron chi connectivity index (χ2n) is 5.96. The molecule has 0 saturated carbocycles. The van der Waals surface area contributed by atoms with Crippen molar-refractivity contribution in [1.29, 1.82) is 0 Å². The molecular weight excluding hydrogens is 346 g/mol. The maximum Gasteiger partial charge on any atom is 0.329 e. The van der Waals surface area contributed by atoms with Crippen LogP contribution in [0.25, 0.3) is 0 Å². The highest BCUT2D eigenvalue weighted by atomic mass is 16.5. The number of carbonyl (C=O) groups is 3. The highest BCUT2D eigenvalue weighted by Gasteiger charge is 2.22. The number of rotatable bonds is 8. The largest absolute Gasteiger partial charge is 0.454 e. The monoisotopic (exact) mass is 369 g/mol. The number of nitrogens with one attached hydrogen (secondary N) is 2. The van der Waals surface area contributed by atoms with Crippen LogP contribution in [0.5, 0.6) is 0 Å². The number of benzene rings is 2. The molecule has 27 heavy (non-hydrogen) atoms. The minimum absolute atomic E-state index is 0.211. The van der Waals surface area contributed by atoms with Crippen LogP contribution in [0.2, 0.25) is 0 Å². The Balaban J connectivity index is 1.89. The molecule has 0 unspecified atom stereocenters. The van der Waals surface area contributed by atoms with Crippen LogP contribution in [-0.2, 0) is 27.2 Å². The van der Waals surface area contributed by atoms with Gasteiger partial charge in [-0.3, -0.25) is 4.79 Å². The van der Waals surface area contributed by atoms with Crippen molar-refractivity contribution in [2.45, 2.75) is 25.8 Å². The molecule has 3 amide bonds. The number of esters is 1. The minimum atomic E-state index is -0.971. The van der Waals surface area contributed by atoms with Crippen LogP contribution in [0.4, 0.5) is 10.5 Å². The highest BCUT2D eigenvalue weighted by Crippen LogP contribution is 2.10.